The molecule has 2 heterocycles. The summed E-state index contributed by atoms with van der Waals surface area (Å²) in [6.45, 7) is 0. The Morgan fingerprint density at radius 1 is 0.127 bits per heavy atom. The molecule has 0 spiro atoms. The SMILES string of the molecule is c1ccc(-c2cc(-c3ccc(-c4c5ccccc5c(-c5ccc6ccccc6c5)c5ccccc45)cc3)nc3cc4ccccc4cc23)cc1.c1ccc(-c2cc(-c3ccc(-c4ccc5c(-c6ccc7ccccc7c6)c6ccccc6c(-c6ccc7ccccc7c6)c5c4)cc3)nc3cc4ccccc4cc23)cc1. The maximum atomic E-state index is 5.28. The summed E-state index contributed by atoms with van der Waals surface area (Å²) in [4.78, 5) is 10.5. The van der Waals surface area contributed by atoms with Gasteiger partial charge >= 0.3 is 0 Å². The highest BCUT2D eigenvalue weighted by Gasteiger charge is 2.22. The average molecular weight is 1390 g/mol. The van der Waals surface area contributed by atoms with Gasteiger partial charge < -0.3 is 0 Å². The highest BCUT2D eigenvalue weighted by molar-refractivity contribution is 6.24. The van der Waals surface area contributed by atoms with Crippen molar-refractivity contribution in [3.05, 3.63) is 413 Å². The number of rotatable bonds is 9. The van der Waals surface area contributed by atoms with Crippen molar-refractivity contribution in [3.8, 4) is 100 Å². The summed E-state index contributed by atoms with van der Waals surface area (Å²) in [7, 11) is 0. The molecule has 20 aromatic carbocycles. The van der Waals surface area contributed by atoms with E-state index >= 15 is 0 Å². The lowest BCUT2D eigenvalue weighted by atomic mass is 9.84. The van der Waals surface area contributed by atoms with Crippen LogP contribution in [0.3, 0.4) is 0 Å². The van der Waals surface area contributed by atoms with Crippen molar-refractivity contribution >= 4 is 119 Å². The molecule has 0 radical (unpaired) electrons. The van der Waals surface area contributed by atoms with Crippen LogP contribution in [0.5, 0.6) is 0 Å². The molecule has 510 valence electrons. The van der Waals surface area contributed by atoms with Gasteiger partial charge in [0.1, 0.15) is 0 Å². The Morgan fingerprint density at radius 3 is 0.764 bits per heavy atom. The summed E-state index contributed by atoms with van der Waals surface area (Å²) < 4.78 is 0. The predicted octanol–water partition coefficient (Wildman–Crippen LogP) is 29.9. The van der Waals surface area contributed by atoms with Crippen LogP contribution in [0.1, 0.15) is 0 Å². The number of hydrogen-bond acceptors (Lipinski definition) is 2. The molecular weight excluding hydrogens is 1330 g/mol. The molecule has 0 atom stereocenters. The third-order valence-electron chi connectivity index (χ3n) is 22.6. The molecule has 0 unspecified atom stereocenters. The van der Waals surface area contributed by atoms with E-state index in [0.717, 1.165) is 38.9 Å². The summed E-state index contributed by atoms with van der Waals surface area (Å²) in [6.07, 6.45) is 0. The Morgan fingerprint density at radius 2 is 0.391 bits per heavy atom. The Bertz CT molecular complexity index is 7370. The van der Waals surface area contributed by atoms with Gasteiger partial charge in [0, 0.05) is 21.9 Å². The molecule has 0 saturated carbocycles. The largest absolute Gasteiger partial charge is 0.248 e. The lowest BCUT2D eigenvalue weighted by Crippen LogP contribution is -1.92. The molecule has 0 aliphatic rings. The van der Waals surface area contributed by atoms with Gasteiger partial charge in [0.05, 0.1) is 22.4 Å². The molecule has 2 heteroatoms. The number of pyridine rings is 2. The molecule has 0 bridgehead atoms. The monoisotopic (exact) mass is 1390 g/mol. The highest BCUT2D eigenvalue weighted by atomic mass is 14.7. The maximum absolute atomic E-state index is 5.28. The van der Waals surface area contributed by atoms with Crippen LogP contribution in [0.2, 0.25) is 0 Å². The molecule has 0 N–H and O–H groups in total. The van der Waals surface area contributed by atoms with Crippen LogP contribution >= 0.6 is 0 Å². The van der Waals surface area contributed by atoms with Gasteiger partial charge in [-0.2, -0.15) is 0 Å². The lowest BCUT2D eigenvalue weighted by Gasteiger charge is -2.19. The first-order valence-corrected chi connectivity index (χ1v) is 37.9. The van der Waals surface area contributed by atoms with Crippen molar-refractivity contribution in [3.63, 3.8) is 0 Å². The molecule has 0 aliphatic heterocycles. The highest BCUT2D eigenvalue weighted by Crippen LogP contribution is 2.49. The van der Waals surface area contributed by atoms with E-state index in [9.17, 15) is 0 Å². The second-order valence-corrected chi connectivity index (χ2v) is 29.0. The number of nitrogens with zero attached hydrogens (tertiary/aromatic N) is 2. The van der Waals surface area contributed by atoms with Crippen LogP contribution in [0, 0.1) is 0 Å². The van der Waals surface area contributed by atoms with Crippen molar-refractivity contribution in [2.75, 3.05) is 0 Å². The van der Waals surface area contributed by atoms with Crippen LogP contribution in [0.25, 0.3) is 219 Å². The van der Waals surface area contributed by atoms with Crippen LogP contribution in [-0.4, -0.2) is 9.97 Å². The Kier molecular flexibility index (Phi) is 15.6. The van der Waals surface area contributed by atoms with Gasteiger partial charge in [-0.3, -0.25) is 0 Å². The third-order valence-corrected chi connectivity index (χ3v) is 22.6. The first kappa shape index (κ1) is 64.0. The summed E-state index contributed by atoms with van der Waals surface area (Å²) in [5.74, 6) is 0. The van der Waals surface area contributed by atoms with Crippen molar-refractivity contribution < 1.29 is 0 Å². The fraction of sp³-hybridized carbons (Fsp3) is 0. The molecule has 2 nitrogen and oxygen atoms in total. The van der Waals surface area contributed by atoms with E-state index in [4.69, 9.17) is 9.97 Å². The number of fused-ring (bicyclic) bond motifs is 11. The van der Waals surface area contributed by atoms with Crippen LogP contribution in [-0.2, 0) is 0 Å². The van der Waals surface area contributed by atoms with Gasteiger partial charge in [-0.25, -0.2) is 9.97 Å². The normalized spacial score (nSPS) is 11.6. The van der Waals surface area contributed by atoms with E-state index in [-0.39, 0.29) is 0 Å². The number of aromatic nitrogens is 2. The van der Waals surface area contributed by atoms with Crippen molar-refractivity contribution in [1.82, 2.24) is 9.97 Å². The first-order chi connectivity index (χ1) is 54.5. The second-order valence-electron chi connectivity index (χ2n) is 29.0. The van der Waals surface area contributed by atoms with E-state index in [1.807, 2.05) is 0 Å². The third kappa shape index (κ3) is 11.4. The van der Waals surface area contributed by atoms with Crippen LogP contribution in [0.15, 0.2) is 413 Å². The molecule has 0 fully saturated rings. The Hall–Kier alpha value is -14.4. The molecule has 110 heavy (non-hydrogen) atoms. The number of benzene rings is 20. The molecule has 22 rings (SSSR count). The molecule has 0 saturated heterocycles. The zero-order valence-corrected chi connectivity index (χ0v) is 60.2. The quantitative estimate of drug-likeness (QED) is 0.135. The van der Waals surface area contributed by atoms with E-state index in [2.05, 4.69) is 413 Å². The van der Waals surface area contributed by atoms with E-state index in [1.165, 1.54) is 180 Å². The maximum Gasteiger partial charge on any atom is 0.0722 e. The minimum Gasteiger partial charge on any atom is -0.248 e. The minimum atomic E-state index is 0.965. The predicted molar refractivity (Wildman–Crippen MR) is 470 cm³/mol. The summed E-state index contributed by atoms with van der Waals surface area (Å²) >= 11 is 0. The lowest BCUT2D eigenvalue weighted by molar-refractivity contribution is 1.40. The summed E-state index contributed by atoms with van der Waals surface area (Å²) in [6, 6.07) is 150. The van der Waals surface area contributed by atoms with Crippen molar-refractivity contribution in [2.45, 2.75) is 0 Å². The van der Waals surface area contributed by atoms with E-state index in [1.54, 1.807) is 0 Å². The molecule has 2 aromatic heterocycles. The minimum absolute atomic E-state index is 0.965. The number of hydrogen-bond donors (Lipinski definition) is 0. The summed E-state index contributed by atoms with van der Waals surface area (Å²) in [5.41, 5.74) is 23.2. The van der Waals surface area contributed by atoms with Gasteiger partial charge in [-0.05, 0) is 236 Å². The molecule has 0 amide bonds. The molecular formula is C108H68N2. The van der Waals surface area contributed by atoms with Crippen molar-refractivity contribution in [2.24, 2.45) is 0 Å². The smallest absolute Gasteiger partial charge is 0.0722 e. The van der Waals surface area contributed by atoms with Gasteiger partial charge in [0.15, 0.2) is 0 Å². The zero-order valence-electron chi connectivity index (χ0n) is 60.2. The van der Waals surface area contributed by atoms with Crippen molar-refractivity contribution in [1.29, 1.82) is 0 Å². The zero-order chi connectivity index (χ0) is 72.6. The second kappa shape index (κ2) is 26.9. The fourth-order valence-electron chi connectivity index (χ4n) is 17.2. The fourth-order valence-corrected chi connectivity index (χ4v) is 17.2. The molecule has 22 aromatic rings. The topological polar surface area (TPSA) is 25.8 Å². The first-order valence-electron chi connectivity index (χ1n) is 37.9. The van der Waals surface area contributed by atoms with E-state index in [0.29, 0.717) is 0 Å². The Balaban J connectivity index is 0.000000142. The summed E-state index contributed by atoms with van der Waals surface area (Å²) in [5, 5.41) is 24.7. The molecule has 0 aliphatic carbocycles. The van der Waals surface area contributed by atoms with Crippen LogP contribution < -0.4 is 0 Å². The van der Waals surface area contributed by atoms with Crippen LogP contribution in [0.4, 0.5) is 0 Å². The standard InChI is InChI=1S/C59H37N.C49H31N/c1-2-14-41(15-3-1)53-37-56(60-57-36-46-19-9-8-18-45(46)34-54(53)57)42-26-22-40(23-27-42)47-30-31-52-55(35-47)59(49-29-25-39-13-5-7-17-44(39)33-49)51-21-11-10-20-50(51)58(52)48-28-24-38-12-4-6-16-43(38)32-48;1-2-13-33(14-3-1)44-31-46(50-47-30-38-17-7-6-16-37(38)29-45(44)47)34-23-25-35(26-24-34)48-40-18-8-10-20-42(40)49(43-21-11-9-19-41(43)48)39-27-22-32-12-4-5-15-36(32)28-39/h1-37H;1-31H. The van der Waals surface area contributed by atoms with Gasteiger partial charge in [0.25, 0.3) is 0 Å². The van der Waals surface area contributed by atoms with Gasteiger partial charge in [0.2, 0.25) is 0 Å². The average Bonchev–Trinajstić information content (AvgIpc) is 0.742. The van der Waals surface area contributed by atoms with E-state index < -0.39 is 0 Å². The Labute approximate surface area is 637 Å². The van der Waals surface area contributed by atoms with Gasteiger partial charge in [-0.15, -0.1) is 0 Å². The van der Waals surface area contributed by atoms with Gasteiger partial charge in [-0.1, -0.05) is 352 Å².